The smallest absolute Gasteiger partial charge is 0.297 e. The minimum atomic E-state index is -1.44. The summed E-state index contributed by atoms with van der Waals surface area (Å²) in [6.45, 7) is -0.510. The molecule has 10 heteroatoms. The van der Waals surface area contributed by atoms with Gasteiger partial charge >= 0.3 is 0 Å². The molecule has 1 aliphatic rings. The maximum atomic E-state index is 11.6. The molecule has 0 unspecified atom stereocenters. The molecule has 1 aromatic rings. The zero-order chi connectivity index (χ0) is 14.2. The van der Waals surface area contributed by atoms with E-state index >= 15 is 0 Å². The van der Waals surface area contributed by atoms with E-state index in [9.17, 15) is 15.0 Å². The van der Waals surface area contributed by atoms with E-state index in [-0.39, 0.29) is 17.5 Å². The number of nitrogens with two attached hydrogens (primary N) is 2. The van der Waals surface area contributed by atoms with E-state index in [4.69, 9.17) is 26.0 Å². The third-order valence-electron chi connectivity index (χ3n) is 2.65. The molecule has 0 aliphatic carbocycles. The molecule has 19 heavy (non-hydrogen) atoms. The molecule has 2 rings (SSSR count). The fourth-order valence-electron chi connectivity index (χ4n) is 1.69. The van der Waals surface area contributed by atoms with Gasteiger partial charge in [-0.3, -0.25) is 9.78 Å². The van der Waals surface area contributed by atoms with Crippen LogP contribution in [0.15, 0.2) is 4.79 Å². The molecule has 1 aromatic heterocycles. The zero-order valence-electron chi connectivity index (χ0n) is 9.68. The van der Waals surface area contributed by atoms with Crippen LogP contribution in [0.2, 0.25) is 0 Å². The van der Waals surface area contributed by atoms with Crippen molar-refractivity contribution in [3.63, 3.8) is 0 Å². The summed E-state index contributed by atoms with van der Waals surface area (Å²) in [5, 5.41) is 28.1. The van der Waals surface area contributed by atoms with Crippen LogP contribution in [-0.2, 0) is 4.74 Å². The third kappa shape index (κ3) is 2.46. The van der Waals surface area contributed by atoms with E-state index < -0.39 is 36.8 Å². The van der Waals surface area contributed by atoms with Crippen molar-refractivity contribution in [3.8, 4) is 5.75 Å². The fraction of sp³-hybridized carbons (Fsp3) is 0.556. The summed E-state index contributed by atoms with van der Waals surface area (Å²) in [6.07, 6.45) is -5.13. The first-order valence-corrected chi connectivity index (χ1v) is 5.38. The number of hydrogen-bond acceptors (Lipinski definition) is 9. The van der Waals surface area contributed by atoms with Crippen molar-refractivity contribution in [1.82, 2.24) is 9.97 Å². The van der Waals surface area contributed by atoms with Gasteiger partial charge in [0, 0.05) is 0 Å². The SMILES string of the molecule is Nc1nc(N)c(O[C@@H]2O[C@H](CO)[C@H](O)[C@H]2O)c(=O)[nH]1. The van der Waals surface area contributed by atoms with Crippen LogP contribution in [-0.4, -0.2) is 56.5 Å². The third-order valence-corrected chi connectivity index (χ3v) is 2.65. The summed E-state index contributed by atoms with van der Waals surface area (Å²) in [5.74, 6) is -0.848. The number of ether oxygens (including phenoxy) is 2. The molecular formula is C9H14N4O6. The Kier molecular flexibility index (Phi) is 3.57. The van der Waals surface area contributed by atoms with Gasteiger partial charge in [0.15, 0.2) is 5.82 Å². The average molecular weight is 274 g/mol. The number of nitrogen functional groups attached to an aromatic ring is 2. The van der Waals surface area contributed by atoms with Gasteiger partial charge in [0.2, 0.25) is 18.0 Å². The number of aromatic nitrogens is 2. The number of aliphatic hydroxyl groups excluding tert-OH is 3. The number of nitrogens with one attached hydrogen (secondary N) is 1. The van der Waals surface area contributed by atoms with Crippen molar-refractivity contribution in [2.45, 2.75) is 24.6 Å². The molecule has 1 fully saturated rings. The van der Waals surface area contributed by atoms with E-state index in [0.29, 0.717) is 0 Å². The summed E-state index contributed by atoms with van der Waals surface area (Å²) in [4.78, 5) is 17.3. The van der Waals surface area contributed by atoms with Crippen molar-refractivity contribution >= 4 is 11.8 Å². The van der Waals surface area contributed by atoms with Gasteiger partial charge in [-0.2, -0.15) is 4.98 Å². The Balaban J connectivity index is 2.21. The predicted octanol–water partition coefficient (Wildman–Crippen LogP) is -3.25. The Hall–Kier alpha value is -1.88. The van der Waals surface area contributed by atoms with Gasteiger partial charge in [0.05, 0.1) is 6.61 Å². The Morgan fingerprint density at radius 3 is 2.58 bits per heavy atom. The van der Waals surface area contributed by atoms with Crippen LogP contribution in [0.4, 0.5) is 11.8 Å². The topological polar surface area (TPSA) is 177 Å². The van der Waals surface area contributed by atoms with Gasteiger partial charge in [-0.25, -0.2) is 0 Å². The highest BCUT2D eigenvalue weighted by Crippen LogP contribution is 2.24. The number of H-pyrrole nitrogens is 1. The van der Waals surface area contributed by atoms with Gasteiger partial charge in [-0.1, -0.05) is 0 Å². The number of aromatic amines is 1. The van der Waals surface area contributed by atoms with Gasteiger partial charge in [-0.05, 0) is 0 Å². The first-order chi connectivity index (χ1) is 8.93. The van der Waals surface area contributed by atoms with Gasteiger partial charge in [0.25, 0.3) is 5.56 Å². The number of aliphatic hydroxyl groups is 3. The van der Waals surface area contributed by atoms with Crippen LogP contribution in [0.5, 0.6) is 5.75 Å². The summed E-state index contributed by atoms with van der Waals surface area (Å²) in [7, 11) is 0. The van der Waals surface area contributed by atoms with Gasteiger partial charge in [-0.15, -0.1) is 0 Å². The van der Waals surface area contributed by atoms with Crippen LogP contribution < -0.4 is 21.8 Å². The number of rotatable bonds is 3. The zero-order valence-corrected chi connectivity index (χ0v) is 9.68. The first kappa shape index (κ1) is 13.5. The molecule has 2 heterocycles. The molecule has 0 saturated carbocycles. The highest BCUT2D eigenvalue weighted by atomic mass is 16.7. The van der Waals surface area contributed by atoms with Gasteiger partial charge in [0.1, 0.15) is 18.3 Å². The largest absolute Gasteiger partial charge is 0.452 e. The van der Waals surface area contributed by atoms with E-state index in [2.05, 4.69) is 9.97 Å². The quantitative estimate of drug-likeness (QED) is 0.330. The van der Waals surface area contributed by atoms with Crippen LogP contribution in [0.1, 0.15) is 0 Å². The molecule has 0 spiro atoms. The normalized spacial score (nSPS) is 30.5. The standard InChI is InChI=1S/C9H14N4O6/c10-6-5(7(17)13-9(11)12-6)19-8-4(16)3(15)2(1-14)18-8/h2-4,8,14-16H,1H2,(H5,10,11,12,13,17)/t2-,3+,4-,8+/m1/s1. The van der Waals surface area contributed by atoms with E-state index in [1.54, 1.807) is 0 Å². The Bertz CT molecular complexity index is 520. The molecule has 1 saturated heterocycles. The fourth-order valence-corrected chi connectivity index (χ4v) is 1.69. The Labute approximate surface area is 106 Å². The number of nitrogens with zero attached hydrogens (tertiary/aromatic N) is 1. The number of hydrogen-bond donors (Lipinski definition) is 6. The van der Waals surface area contributed by atoms with Crippen molar-refractivity contribution in [2.75, 3.05) is 18.1 Å². The molecule has 4 atom stereocenters. The predicted molar refractivity (Wildman–Crippen MR) is 62.1 cm³/mol. The van der Waals surface area contributed by atoms with Crippen molar-refractivity contribution in [2.24, 2.45) is 0 Å². The summed E-state index contributed by atoms with van der Waals surface area (Å²) in [5.41, 5.74) is 9.99. The van der Waals surface area contributed by atoms with Crippen molar-refractivity contribution in [1.29, 1.82) is 0 Å². The minimum absolute atomic E-state index is 0.184. The molecule has 0 radical (unpaired) electrons. The maximum Gasteiger partial charge on any atom is 0.297 e. The summed E-state index contributed by atoms with van der Waals surface area (Å²) in [6, 6.07) is 0. The van der Waals surface area contributed by atoms with Crippen LogP contribution in [0.3, 0.4) is 0 Å². The molecular weight excluding hydrogens is 260 g/mol. The van der Waals surface area contributed by atoms with Crippen molar-refractivity contribution in [3.05, 3.63) is 10.4 Å². The highest BCUT2D eigenvalue weighted by molar-refractivity contribution is 5.46. The molecule has 1 aliphatic heterocycles. The molecule has 0 bridgehead atoms. The van der Waals surface area contributed by atoms with E-state index in [0.717, 1.165) is 0 Å². The summed E-state index contributed by atoms with van der Waals surface area (Å²) >= 11 is 0. The van der Waals surface area contributed by atoms with E-state index in [1.807, 2.05) is 0 Å². The number of anilines is 2. The second-order valence-corrected chi connectivity index (χ2v) is 3.99. The van der Waals surface area contributed by atoms with Crippen LogP contribution >= 0.6 is 0 Å². The molecule has 106 valence electrons. The lowest BCUT2D eigenvalue weighted by molar-refractivity contribution is -0.116. The molecule has 0 amide bonds. The monoisotopic (exact) mass is 274 g/mol. The lowest BCUT2D eigenvalue weighted by Crippen LogP contribution is -2.36. The lowest BCUT2D eigenvalue weighted by Gasteiger charge is -2.16. The molecule has 8 N–H and O–H groups in total. The Morgan fingerprint density at radius 1 is 1.37 bits per heavy atom. The van der Waals surface area contributed by atoms with Crippen LogP contribution in [0.25, 0.3) is 0 Å². The lowest BCUT2D eigenvalue weighted by atomic mass is 10.1. The highest BCUT2D eigenvalue weighted by Gasteiger charge is 2.44. The second-order valence-electron chi connectivity index (χ2n) is 3.99. The van der Waals surface area contributed by atoms with Gasteiger partial charge < -0.3 is 36.3 Å². The molecule has 0 aromatic carbocycles. The second kappa shape index (κ2) is 5.01. The molecule has 10 nitrogen and oxygen atoms in total. The van der Waals surface area contributed by atoms with Crippen LogP contribution in [0, 0.1) is 0 Å². The van der Waals surface area contributed by atoms with E-state index in [1.165, 1.54) is 0 Å². The first-order valence-electron chi connectivity index (χ1n) is 5.38. The summed E-state index contributed by atoms with van der Waals surface area (Å²) < 4.78 is 10.1. The van der Waals surface area contributed by atoms with Crippen molar-refractivity contribution < 1.29 is 24.8 Å². The minimum Gasteiger partial charge on any atom is -0.452 e. The average Bonchev–Trinajstić information content (AvgIpc) is 2.61. The Morgan fingerprint density at radius 2 is 2.05 bits per heavy atom. The maximum absolute atomic E-state index is 11.6.